The van der Waals surface area contributed by atoms with Crippen LogP contribution in [0.1, 0.15) is 18.5 Å². The summed E-state index contributed by atoms with van der Waals surface area (Å²) in [7, 11) is -3.55. The van der Waals surface area contributed by atoms with Gasteiger partial charge in [0.15, 0.2) is 0 Å². The molecule has 0 aromatic heterocycles. The lowest BCUT2D eigenvalue weighted by Crippen LogP contribution is -2.10. The molecule has 1 atom stereocenters. The average molecular weight is 372 g/mol. The second-order valence-electron chi connectivity index (χ2n) is 5.09. The maximum Gasteiger partial charge on any atom is 0.229 e. The lowest BCUT2D eigenvalue weighted by atomic mass is 10.1. The minimum atomic E-state index is -3.55. The molecule has 0 amide bonds. The molecule has 0 bridgehead atoms. The lowest BCUT2D eigenvalue weighted by Gasteiger charge is -2.13. The van der Waals surface area contributed by atoms with E-state index >= 15 is 0 Å². The quantitative estimate of drug-likeness (QED) is 0.767. The number of hydrogen-bond acceptors (Lipinski definition) is 5. The second-order valence-corrected chi connectivity index (χ2v) is 7.92. The van der Waals surface area contributed by atoms with Gasteiger partial charge in [-0.2, -0.15) is 4.91 Å². The van der Waals surface area contributed by atoms with Gasteiger partial charge in [0.1, 0.15) is 17.7 Å². The molecule has 0 fully saturated rings. The van der Waals surface area contributed by atoms with Gasteiger partial charge in [-0.3, -0.25) is 4.72 Å². The van der Waals surface area contributed by atoms with Crippen molar-refractivity contribution in [1.29, 1.82) is 0 Å². The van der Waals surface area contributed by atoms with Crippen LogP contribution in [0, 0.1) is 16.5 Å². The van der Waals surface area contributed by atoms with Crippen LogP contribution in [-0.4, -0.2) is 14.7 Å². The van der Waals surface area contributed by atoms with Crippen molar-refractivity contribution in [1.82, 2.24) is 0 Å². The first-order valence-corrected chi connectivity index (χ1v) is 9.47. The molecule has 0 radical (unpaired) electrons. The topological polar surface area (TPSA) is 75.6 Å². The number of anilines is 1. The highest BCUT2D eigenvalue weighted by Gasteiger charge is 2.15. The molecular formula is C15H14F2N2O3S2. The van der Waals surface area contributed by atoms with E-state index < -0.39 is 27.7 Å². The monoisotopic (exact) mass is 372 g/mol. The van der Waals surface area contributed by atoms with Crippen molar-refractivity contribution in [3.8, 4) is 0 Å². The molecule has 0 saturated heterocycles. The van der Waals surface area contributed by atoms with Crippen molar-refractivity contribution in [2.24, 2.45) is 5.18 Å². The van der Waals surface area contributed by atoms with Gasteiger partial charge in [0, 0.05) is 15.9 Å². The molecule has 0 saturated carbocycles. The highest BCUT2D eigenvalue weighted by molar-refractivity contribution is 7.99. The number of nitrogens with one attached hydrogen (secondary N) is 1. The number of nitroso groups, excluding NO2 is 1. The third kappa shape index (κ3) is 4.75. The van der Waals surface area contributed by atoms with Crippen LogP contribution in [-0.2, 0) is 10.0 Å². The van der Waals surface area contributed by atoms with Gasteiger partial charge in [-0.15, -0.1) is 0 Å². The lowest BCUT2D eigenvalue weighted by molar-refractivity contribution is 0.565. The zero-order valence-corrected chi connectivity index (χ0v) is 14.4. The third-order valence-electron chi connectivity index (χ3n) is 3.06. The summed E-state index contributed by atoms with van der Waals surface area (Å²) in [5.41, 5.74) is 0.780. The van der Waals surface area contributed by atoms with Crippen molar-refractivity contribution in [2.75, 3.05) is 11.0 Å². The molecule has 5 nitrogen and oxygen atoms in total. The van der Waals surface area contributed by atoms with Gasteiger partial charge in [-0.25, -0.2) is 17.2 Å². The zero-order chi connectivity index (χ0) is 17.9. The summed E-state index contributed by atoms with van der Waals surface area (Å²) in [5.74, 6) is -1.48. The largest absolute Gasteiger partial charge is 0.283 e. The minimum absolute atomic E-state index is 0.122. The predicted octanol–water partition coefficient (Wildman–Crippen LogP) is 4.31. The Labute approximate surface area is 142 Å². The molecule has 2 rings (SSSR count). The Kier molecular flexibility index (Phi) is 5.55. The highest BCUT2D eigenvalue weighted by atomic mass is 32.2. The Hall–Kier alpha value is -2.00. The van der Waals surface area contributed by atoms with E-state index in [1.54, 1.807) is 19.1 Å². The van der Waals surface area contributed by atoms with Crippen molar-refractivity contribution < 1.29 is 17.2 Å². The van der Waals surface area contributed by atoms with E-state index in [-0.39, 0.29) is 10.6 Å². The average Bonchev–Trinajstić information content (AvgIpc) is 2.49. The fraction of sp³-hybridized carbons (Fsp3) is 0.200. The summed E-state index contributed by atoms with van der Waals surface area (Å²) in [6, 6.07) is 7.04. The predicted molar refractivity (Wildman–Crippen MR) is 89.6 cm³/mol. The number of benzene rings is 2. The number of nitrogens with zero attached hydrogens (tertiary/aromatic N) is 1. The fourth-order valence-electron chi connectivity index (χ4n) is 1.90. The van der Waals surface area contributed by atoms with Gasteiger partial charge in [0.2, 0.25) is 10.0 Å². The van der Waals surface area contributed by atoms with Gasteiger partial charge in [0.05, 0.1) is 11.9 Å². The summed E-state index contributed by atoms with van der Waals surface area (Å²) in [5, 5.41) is 2.92. The standard InChI is InChI=1S/C15H14F2N2O3S2/c1-9(18-20)10-3-5-13(19-24(2,21)22)15(7-10)23-14-6-4-11(16)8-12(14)17/h3-9,19H,1-2H3. The molecule has 9 heteroatoms. The van der Waals surface area contributed by atoms with Crippen LogP contribution in [0.2, 0.25) is 0 Å². The van der Waals surface area contributed by atoms with Crippen molar-refractivity contribution in [3.63, 3.8) is 0 Å². The molecule has 1 N–H and O–H groups in total. The van der Waals surface area contributed by atoms with E-state index in [1.807, 2.05) is 0 Å². The molecule has 2 aromatic carbocycles. The van der Waals surface area contributed by atoms with E-state index in [0.29, 0.717) is 10.5 Å². The van der Waals surface area contributed by atoms with Crippen LogP contribution >= 0.6 is 11.8 Å². The first-order valence-electron chi connectivity index (χ1n) is 6.76. The van der Waals surface area contributed by atoms with Gasteiger partial charge in [-0.05, 0) is 36.8 Å². The van der Waals surface area contributed by atoms with Crippen LogP contribution in [0.4, 0.5) is 14.5 Å². The van der Waals surface area contributed by atoms with E-state index in [0.717, 1.165) is 30.2 Å². The summed E-state index contributed by atoms with van der Waals surface area (Å²) < 4.78 is 52.2. The molecule has 128 valence electrons. The second kappa shape index (κ2) is 7.27. The Balaban J connectivity index is 2.48. The maximum absolute atomic E-state index is 13.9. The van der Waals surface area contributed by atoms with Gasteiger partial charge in [-0.1, -0.05) is 23.0 Å². The minimum Gasteiger partial charge on any atom is -0.283 e. The van der Waals surface area contributed by atoms with Crippen molar-refractivity contribution in [2.45, 2.75) is 22.8 Å². The molecule has 0 aliphatic rings. The van der Waals surface area contributed by atoms with Crippen LogP contribution < -0.4 is 4.72 Å². The smallest absolute Gasteiger partial charge is 0.229 e. The molecule has 1 unspecified atom stereocenters. The Morgan fingerprint density at radius 2 is 1.83 bits per heavy atom. The van der Waals surface area contributed by atoms with Crippen LogP contribution in [0.3, 0.4) is 0 Å². The van der Waals surface area contributed by atoms with E-state index in [1.165, 1.54) is 12.1 Å². The van der Waals surface area contributed by atoms with Gasteiger partial charge in [0.25, 0.3) is 0 Å². The zero-order valence-electron chi connectivity index (χ0n) is 12.8. The van der Waals surface area contributed by atoms with Crippen LogP contribution in [0.25, 0.3) is 0 Å². The number of rotatable bonds is 6. The highest BCUT2D eigenvalue weighted by Crippen LogP contribution is 2.37. The van der Waals surface area contributed by atoms with Crippen LogP contribution in [0.15, 0.2) is 51.4 Å². The van der Waals surface area contributed by atoms with E-state index in [2.05, 4.69) is 9.90 Å². The van der Waals surface area contributed by atoms with Gasteiger partial charge >= 0.3 is 0 Å². The summed E-state index contributed by atoms with van der Waals surface area (Å²) in [6.07, 6.45) is 0.990. The summed E-state index contributed by atoms with van der Waals surface area (Å²) >= 11 is 0.920. The van der Waals surface area contributed by atoms with E-state index in [4.69, 9.17) is 0 Å². The van der Waals surface area contributed by atoms with E-state index in [9.17, 15) is 22.1 Å². The molecule has 0 aliphatic carbocycles. The first-order chi connectivity index (χ1) is 11.2. The van der Waals surface area contributed by atoms with Gasteiger partial charge < -0.3 is 0 Å². The van der Waals surface area contributed by atoms with Crippen LogP contribution in [0.5, 0.6) is 0 Å². The molecule has 0 heterocycles. The third-order valence-corrected chi connectivity index (χ3v) is 4.75. The summed E-state index contributed by atoms with van der Waals surface area (Å²) in [4.78, 5) is 11.2. The fourth-order valence-corrected chi connectivity index (χ4v) is 3.50. The molecule has 24 heavy (non-hydrogen) atoms. The maximum atomic E-state index is 13.9. The molecule has 0 spiro atoms. The Bertz CT molecular complexity index is 873. The molecule has 0 aliphatic heterocycles. The summed E-state index contributed by atoms with van der Waals surface area (Å²) in [6.45, 7) is 1.58. The number of hydrogen-bond donors (Lipinski definition) is 1. The molecular weight excluding hydrogens is 358 g/mol. The Morgan fingerprint density at radius 1 is 1.12 bits per heavy atom. The SMILES string of the molecule is CC(N=O)c1ccc(NS(C)(=O)=O)c(Sc2ccc(F)cc2F)c1. The number of halogens is 2. The van der Waals surface area contributed by atoms with Crippen molar-refractivity contribution in [3.05, 3.63) is 58.5 Å². The van der Waals surface area contributed by atoms with Crippen molar-refractivity contribution >= 4 is 27.5 Å². The normalized spacial score (nSPS) is 12.7. The number of sulfonamides is 1. The molecule has 2 aromatic rings. The Morgan fingerprint density at radius 3 is 2.42 bits per heavy atom. The first kappa shape index (κ1) is 18.3.